The van der Waals surface area contributed by atoms with Crippen LogP contribution in [-0.2, 0) is 0 Å². The number of nitrogens with one attached hydrogen (secondary N) is 1. The van der Waals surface area contributed by atoms with E-state index in [4.69, 9.17) is 0 Å². The maximum Gasteiger partial charge on any atom is 0.225 e. The van der Waals surface area contributed by atoms with E-state index < -0.39 is 6.23 Å². The Morgan fingerprint density at radius 3 is 2.77 bits per heavy atom. The summed E-state index contributed by atoms with van der Waals surface area (Å²) in [6.45, 7) is 11.0. The van der Waals surface area contributed by atoms with Crippen molar-refractivity contribution in [2.75, 3.05) is 38.5 Å². The SMILES string of the molecule is C=C/C=C(\O)C(O)Nc1ccnc(S/C=C(\C)N=C(N=CC)N2CCN(C)CC2)n1. The third-order valence-electron chi connectivity index (χ3n) is 4.13. The lowest BCUT2D eigenvalue weighted by molar-refractivity contribution is 0.176. The molecule has 1 aromatic heterocycles. The van der Waals surface area contributed by atoms with Gasteiger partial charge in [-0.15, -0.1) is 0 Å². The number of aliphatic imine (C=N–C) groups is 2. The van der Waals surface area contributed by atoms with Gasteiger partial charge < -0.3 is 25.3 Å². The van der Waals surface area contributed by atoms with E-state index in [1.54, 1.807) is 18.5 Å². The van der Waals surface area contributed by atoms with Crippen LogP contribution in [-0.4, -0.2) is 81.6 Å². The number of aliphatic hydroxyl groups is 2. The summed E-state index contributed by atoms with van der Waals surface area (Å²) >= 11 is 1.31. The molecule has 0 aliphatic carbocycles. The fourth-order valence-corrected chi connectivity index (χ4v) is 3.13. The second-order valence-corrected chi connectivity index (χ2v) is 7.40. The first kappa shape index (κ1) is 23.6. The van der Waals surface area contributed by atoms with Crippen molar-refractivity contribution < 1.29 is 10.2 Å². The van der Waals surface area contributed by atoms with Crippen LogP contribution >= 0.6 is 11.8 Å². The number of allylic oxidation sites excluding steroid dienone is 3. The summed E-state index contributed by atoms with van der Waals surface area (Å²) in [7, 11) is 2.11. The van der Waals surface area contributed by atoms with Gasteiger partial charge in [0.05, 0.1) is 0 Å². The second-order valence-electron chi connectivity index (χ2n) is 6.57. The number of aliphatic hydroxyl groups excluding tert-OH is 2. The molecule has 0 bridgehead atoms. The highest BCUT2D eigenvalue weighted by Gasteiger charge is 2.17. The largest absolute Gasteiger partial charge is 0.508 e. The van der Waals surface area contributed by atoms with Gasteiger partial charge in [-0.3, -0.25) is 0 Å². The average Bonchev–Trinajstić information content (AvgIpc) is 2.73. The van der Waals surface area contributed by atoms with E-state index in [0.29, 0.717) is 16.9 Å². The molecule has 30 heavy (non-hydrogen) atoms. The molecule has 0 spiro atoms. The van der Waals surface area contributed by atoms with Crippen LogP contribution in [0.2, 0.25) is 0 Å². The summed E-state index contributed by atoms with van der Waals surface area (Å²) in [5.41, 5.74) is 0.785. The zero-order chi connectivity index (χ0) is 21.9. The smallest absolute Gasteiger partial charge is 0.225 e. The quantitative estimate of drug-likeness (QED) is 0.115. The Morgan fingerprint density at radius 2 is 2.10 bits per heavy atom. The van der Waals surface area contributed by atoms with Crippen LogP contribution in [0.4, 0.5) is 5.82 Å². The molecule has 3 N–H and O–H groups in total. The molecule has 2 heterocycles. The number of nitrogens with zero attached hydrogens (tertiary/aromatic N) is 6. The zero-order valence-electron chi connectivity index (χ0n) is 17.6. The van der Waals surface area contributed by atoms with Crippen LogP contribution in [0.3, 0.4) is 0 Å². The van der Waals surface area contributed by atoms with Gasteiger partial charge in [-0.2, -0.15) is 0 Å². The van der Waals surface area contributed by atoms with Crippen LogP contribution in [0, 0.1) is 0 Å². The number of rotatable bonds is 7. The molecule has 10 heteroatoms. The molecule has 1 aliphatic heterocycles. The van der Waals surface area contributed by atoms with Crippen LogP contribution in [0.15, 0.2) is 63.0 Å². The minimum absolute atomic E-state index is 0.254. The van der Waals surface area contributed by atoms with Crippen molar-refractivity contribution in [2.45, 2.75) is 25.2 Å². The molecule has 1 saturated heterocycles. The molecule has 1 aromatic rings. The third kappa shape index (κ3) is 7.62. The van der Waals surface area contributed by atoms with Crippen LogP contribution < -0.4 is 5.32 Å². The Morgan fingerprint density at radius 1 is 1.37 bits per heavy atom. The molecule has 0 aromatic carbocycles. The standard InChI is InChI=1S/C20H29N7O2S/c1-5-7-16(28)18(29)24-17-8-9-22-20(25-17)30-14-15(3)23-19(21-6-2)27-12-10-26(4)11-13-27/h5-9,14,18,28-29H,1,10-13H2,2-4H3,(H,22,24,25)/b15-14+,16-7-,21-6?,23-19?. The molecular formula is C20H29N7O2S. The van der Waals surface area contributed by atoms with Crippen LogP contribution in [0.5, 0.6) is 0 Å². The number of piperazine rings is 1. The number of aromatic nitrogens is 2. The number of anilines is 1. The minimum Gasteiger partial charge on any atom is -0.508 e. The van der Waals surface area contributed by atoms with E-state index in [0.717, 1.165) is 31.9 Å². The van der Waals surface area contributed by atoms with Gasteiger partial charge in [0.25, 0.3) is 0 Å². The van der Waals surface area contributed by atoms with Gasteiger partial charge in [0.1, 0.15) is 11.6 Å². The van der Waals surface area contributed by atoms with Crippen molar-refractivity contribution in [2.24, 2.45) is 9.98 Å². The highest BCUT2D eigenvalue weighted by atomic mass is 32.2. The lowest BCUT2D eigenvalue weighted by Gasteiger charge is -2.33. The van der Waals surface area contributed by atoms with Gasteiger partial charge in [0.15, 0.2) is 11.4 Å². The first-order valence-electron chi connectivity index (χ1n) is 9.56. The van der Waals surface area contributed by atoms with Crippen molar-refractivity contribution in [1.29, 1.82) is 0 Å². The number of guanidine groups is 1. The Balaban J connectivity index is 2.05. The lowest BCUT2D eigenvalue weighted by atomic mass is 10.3. The highest BCUT2D eigenvalue weighted by Crippen LogP contribution is 2.19. The molecule has 0 saturated carbocycles. The van der Waals surface area contributed by atoms with E-state index in [9.17, 15) is 10.2 Å². The van der Waals surface area contributed by atoms with Crippen LogP contribution in [0.25, 0.3) is 0 Å². The Labute approximate surface area is 181 Å². The zero-order valence-corrected chi connectivity index (χ0v) is 18.4. The molecule has 2 rings (SSSR count). The van der Waals surface area contributed by atoms with E-state index in [1.807, 2.05) is 19.3 Å². The maximum atomic E-state index is 9.91. The first-order valence-corrected chi connectivity index (χ1v) is 10.4. The summed E-state index contributed by atoms with van der Waals surface area (Å²) in [5.74, 6) is 0.826. The average molecular weight is 432 g/mol. The summed E-state index contributed by atoms with van der Waals surface area (Å²) in [5, 5.41) is 24.6. The molecule has 1 aliphatic rings. The van der Waals surface area contributed by atoms with E-state index in [-0.39, 0.29) is 5.76 Å². The van der Waals surface area contributed by atoms with Crippen molar-refractivity contribution in [3.05, 3.63) is 47.9 Å². The van der Waals surface area contributed by atoms with E-state index >= 15 is 0 Å². The van der Waals surface area contributed by atoms with Gasteiger partial charge in [0.2, 0.25) is 5.96 Å². The fraction of sp³-hybridized carbons (Fsp3) is 0.400. The van der Waals surface area contributed by atoms with Gasteiger partial charge in [0, 0.05) is 49.7 Å². The predicted molar refractivity (Wildman–Crippen MR) is 123 cm³/mol. The van der Waals surface area contributed by atoms with E-state index in [1.165, 1.54) is 23.9 Å². The number of thioether (sulfide) groups is 1. The Bertz CT molecular complexity index is 830. The molecule has 0 radical (unpaired) electrons. The summed E-state index contributed by atoms with van der Waals surface area (Å²) in [6, 6.07) is 1.60. The highest BCUT2D eigenvalue weighted by molar-refractivity contribution is 8.02. The van der Waals surface area contributed by atoms with Gasteiger partial charge in [-0.05, 0) is 33.0 Å². The predicted octanol–water partition coefficient (Wildman–Crippen LogP) is 2.48. The van der Waals surface area contributed by atoms with Gasteiger partial charge >= 0.3 is 0 Å². The third-order valence-corrected chi connectivity index (χ3v) is 5.00. The molecule has 1 fully saturated rings. The van der Waals surface area contributed by atoms with Crippen molar-refractivity contribution in [1.82, 2.24) is 19.8 Å². The van der Waals surface area contributed by atoms with E-state index in [2.05, 4.69) is 48.7 Å². The Kier molecular flexibility index (Phi) is 9.52. The summed E-state index contributed by atoms with van der Waals surface area (Å²) in [4.78, 5) is 22.1. The number of likely N-dealkylation sites (N-methyl/N-ethyl adjacent to an activating group) is 1. The maximum absolute atomic E-state index is 9.91. The van der Waals surface area contributed by atoms with Gasteiger partial charge in [-0.25, -0.2) is 20.0 Å². The lowest BCUT2D eigenvalue weighted by Crippen LogP contribution is -2.46. The van der Waals surface area contributed by atoms with Crippen LogP contribution in [0.1, 0.15) is 13.8 Å². The number of hydrogen-bond donors (Lipinski definition) is 3. The molecule has 1 unspecified atom stereocenters. The fourth-order valence-electron chi connectivity index (χ4n) is 2.53. The number of hydrogen-bond acceptors (Lipinski definition) is 8. The molecule has 1 atom stereocenters. The summed E-state index contributed by atoms with van der Waals surface area (Å²) in [6.07, 6.45) is 4.72. The molecular weight excluding hydrogens is 402 g/mol. The van der Waals surface area contributed by atoms with Crippen molar-refractivity contribution in [3.8, 4) is 0 Å². The molecule has 162 valence electrons. The van der Waals surface area contributed by atoms with Crippen molar-refractivity contribution >= 4 is 29.8 Å². The first-order chi connectivity index (χ1) is 14.4. The van der Waals surface area contributed by atoms with Gasteiger partial charge in [-0.1, -0.05) is 24.4 Å². The molecule has 9 nitrogen and oxygen atoms in total. The summed E-state index contributed by atoms with van der Waals surface area (Å²) < 4.78 is 0. The van der Waals surface area contributed by atoms with Crippen molar-refractivity contribution in [3.63, 3.8) is 0 Å². The Hall–Kier alpha value is -2.69. The minimum atomic E-state index is -1.28. The topological polar surface area (TPSA) is 109 Å². The second kappa shape index (κ2) is 12.1. The molecule has 0 amide bonds. The monoisotopic (exact) mass is 431 g/mol. The normalized spacial score (nSPS) is 18.0.